The molecule has 0 spiro atoms. The van der Waals surface area contributed by atoms with Crippen molar-refractivity contribution >= 4 is 29.0 Å². The minimum atomic E-state index is -0.242. The first-order valence-corrected chi connectivity index (χ1v) is 9.24. The Morgan fingerprint density at radius 3 is 2.76 bits per heavy atom. The lowest BCUT2D eigenvalue weighted by atomic mass is 9.84. The van der Waals surface area contributed by atoms with Crippen molar-refractivity contribution in [3.8, 4) is 11.5 Å². The Bertz CT molecular complexity index is 775. The van der Waals surface area contributed by atoms with E-state index in [1.165, 1.54) is 11.3 Å². The first kappa shape index (κ1) is 17.9. The lowest BCUT2D eigenvalue weighted by Crippen LogP contribution is -2.42. The van der Waals surface area contributed by atoms with Crippen LogP contribution in [0.15, 0.2) is 30.3 Å². The fourth-order valence-corrected chi connectivity index (χ4v) is 3.66. The molecule has 1 unspecified atom stereocenters. The summed E-state index contributed by atoms with van der Waals surface area (Å²) in [5.41, 5.74) is 0.837. The normalized spacial score (nSPS) is 14.2. The maximum absolute atomic E-state index is 12.2. The van der Waals surface area contributed by atoms with Gasteiger partial charge in [-0.15, -0.1) is 11.3 Å². The molecule has 25 heavy (non-hydrogen) atoms. The minimum absolute atomic E-state index is 0.0915. The van der Waals surface area contributed by atoms with Gasteiger partial charge in [0.15, 0.2) is 11.5 Å². The summed E-state index contributed by atoms with van der Waals surface area (Å²) in [6, 6.07) is 9.34. The molecule has 7 heteroatoms. The highest BCUT2D eigenvalue weighted by Gasteiger charge is 2.25. The van der Waals surface area contributed by atoms with Crippen LogP contribution < -0.4 is 20.1 Å². The second kappa shape index (κ2) is 7.14. The summed E-state index contributed by atoms with van der Waals surface area (Å²) in [6.45, 7) is 6.84. The van der Waals surface area contributed by atoms with Gasteiger partial charge in [0, 0.05) is 16.8 Å². The Morgan fingerprint density at radius 1 is 1.28 bits per heavy atom. The molecule has 134 valence electrons. The van der Waals surface area contributed by atoms with Gasteiger partial charge in [-0.05, 0) is 36.8 Å². The van der Waals surface area contributed by atoms with Gasteiger partial charge in [-0.2, -0.15) is 0 Å². The number of halogens is 1. The van der Waals surface area contributed by atoms with Gasteiger partial charge in [-0.3, -0.25) is 0 Å². The van der Waals surface area contributed by atoms with E-state index in [1.807, 2.05) is 37.3 Å². The van der Waals surface area contributed by atoms with Crippen LogP contribution in [0.4, 0.5) is 4.79 Å². The van der Waals surface area contributed by atoms with E-state index in [-0.39, 0.29) is 24.3 Å². The highest BCUT2D eigenvalue weighted by Crippen LogP contribution is 2.36. The van der Waals surface area contributed by atoms with Gasteiger partial charge in [0.2, 0.25) is 6.79 Å². The molecule has 5 nitrogen and oxygen atoms in total. The number of carbonyl (C=O) groups excluding carboxylic acids is 1. The summed E-state index contributed by atoms with van der Waals surface area (Å²) in [7, 11) is 0. The third kappa shape index (κ3) is 4.19. The molecule has 0 fully saturated rings. The van der Waals surface area contributed by atoms with E-state index in [9.17, 15) is 4.79 Å². The molecule has 2 aromatic rings. The van der Waals surface area contributed by atoms with Crippen LogP contribution >= 0.6 is 22.9 Å². The molecule has 0 saturated carbocycles. The molecule has 2 heterocycles. The smallest absolute Gasteiger partial charge is 0.315 e. The molecule has 0 radical (unpaired) electrons. The van der Waals surface area contributed by atoms with E-state index in [4.69, 9.17) is 21.1 Å². The zero-order valence-corrected chi connectivity index (χ0v) is 16.0. The Balaban J connectivity index is 1.57. The highest BCUT2D eigenvalue weighted by molar-refractivity contribution is 7.16. The molecule has 0 saturated heterocycles. The third-order valence-corrected chi connectivity index (χ3v) is 5.63. The van der Waals surface area contributed by atoms with E-state index in [0.29, 0.717) is 10.9 Å². The number of hydrogen-bond acceptors (Lipinski definition) is 4. The maximum Gasteiger partial charge on any atom is 0.315 e. The second-order valence-corrected chi connectivity index (χ2v) is 8.39. The number of nitrogens with one attached hydrogen (secondary N) is 2. The van der Waals surface area contributed by atoms with Crippen molar-refractivity contribution in [3.05, 3.63) is 45.1 Å². The monoisotopic (exact) mass is 380 g/mol. The highest BCUT2D eigenvalue weighted by atomic mass is 35.5. The van der Waals surface area contributed by atoms with Gasteiger partial charge in [-0.1, -0.05) is 31.5 Å². The van der Waals surface area contributed by atoms with Crippen LogP contribution in [0.2, 0.25) is 4.34 Å². The van der Waals surface area contributed by atoms with E-state index in [2.05, 4.69) is 24.5 Å². The first-order chi connectivity index (χ1) is 11.8. The molecule has 1 aliphatic heterocycles. The Morgan fingerprint density at radius 2 is 2.04 bits per heavy atom. The van der Waals surface area contributed by atoms with Crippen LogP contribution in [0, 0.1) is 0 Å². The van der Waals surface area contributed by atoms with Gasteiger partial charge in [0.25, 0.3) is 0 Å². The minimum Gasteiger partial charge on any atom is -0.454 e. The molecule has 0 bridgehead atoms. The summed E-state index contributed by atoms with van der Waals surface area (Å²) in [5, 5.41) is 5.88. The van der Waals surface area contributed by atoms with Crippen LogP contribution in [0.3, 0.4) is 0 Å². The van der Waals surface area contributed by atoms with Crippen LogP contribution in [-0.2, 0) is 5.41 Å². The largest absolute Gasteiger partial charge is 0.454 e. The number of fused-ring (bicyclic) bond motifs is 1. The summed E-state index contributed by atoms with van der Waals surface area (Å²) in [6.07, 6.45) is 0. The van der Waals surface area contributed by atoms with Gasteiger partial charge < -0.3 is 20.1 Å². The molecular formula is C18H21ClN2O3S. The number of benzene rings is 1. The number of carbonyl (C=O) groups is 1. The van der Waals surface area contributed by atoms with Crippen molar-refractivity contribution in [2.45, 2.75) is 32.2 Å². The van der Waals surface area contributed by atoms with E-state index >= 15 is 0 Å². The Kier molecular flexibility index (Phi) is 5.11. The van der Waals surface area contributed by atoms with Crippen LogP contribution in [0.5, 0.6) is 11.5 Å². The van der Waals surface area contributed by atoms with Gasteiger partial charge in [0.1, 0.15) is 0 Å². The molecule has 1 aliphatic rings. The van der Waals surface area contributed by atoms with Crippen molar-refractivity contribution in [2.24, 2.45) is 0 Å². The predicted octanol–water partition coefficient (Wildman–Crippen LogP) is 4.47. The Hall–Kier alpha value is -1.92. The SMILES string of the molecule is CC(NC(=O)NCC(C)(C)c1ccc2c(c1)OCO2)c1ccc(Cl)s1. The lowest BCUT2D eigenvalue weighted by molar-refractivity contribution is 0.174. The number of amides is 2. The molecule has 0 aliphatic carbocycles. The van der Waals surface area contributed by atoms with Crippen molar-refractivity contribution in [1.29, 1.82) is 0 Å². The summed E-state index contributed by atoms with van der Waals surface area (Å²) in [4.78, 5) is 13.2. The Labute approximate surface area is 156 Å². The molecule has 1 aromatic carbocycles. The fourth-order valence-electron chi connectivity index (χ4n) is 2.60. The number of rotatable bonds is 5. The van der Waals surface area contributed by atoms with E-state index in [0.717, 1.165) is 21.9 Å². The quantitative estimate of drug-likeness (QED) is 0.804. The fraction of sp³-hybridized carbons (Fsp3) is 0.389. The average molecular weight is 381 g/mol. The lowest BCUT2D eigenvalue weighted by Gasteiger charge is -2.26. The number of ether oxygens (including phenoxy) is 2. The number of hydrogen-bond donors (Lipinski definition) is 2. The van der Waals surface area contributed by atoms with Crippen molar-refractivity contribution in [2.75, 3.05) is 13.3 Å². The van der Waals surface area contributed by atoms with Gasteiger partial charge in [0.05, 0.1) is 10.4 Å². The van der Waals surface area contributed by atoms with Crippen LogP contribution in [-0.4, -0.2) is 19.4 Å². The zero-order valence-electron chi connectivity index (χ0n) is 14.4. The molecule has 1 atom stereocenters. The maximum atomic E-state index is 12.2. The summed E-state index contributed by atoms with van der Waals surface area (Å²) >= 11 is 7.41. The van der Waals surface area contributed by atoms with E-state index in [1.54, 1.807) is 0 Å². The van der Waals surface area contributed by atoms with Crippen molar-refractivity contribution < 1.29 is 14.3 Å². The van der Waals surface area contributed by atoms with Crippen molar-refractivity contribution in [3.63, 3.8) is 0 Å². The third-order valence-electron chi connectivity index (χ3n) is 4.21. The van der Waals surface area contributed by atoms with Crippen LogP contribution in [0.1, 0.15) is 37.3 Å². The van der Waals surface area contributed by atoms with Gasteiger partial charge >= 0.3 is 6.03 Å². The zero-order chi connectivity index (χ0) is 18.0. The molecule has 2 N–H and O–H groups in total. The number of urea groups is 1. The van der Waals surface area contributed by atoms with Gasteiger partial charge in [-0.25, -0.2) is 4.79 Å². The summed E-state index contributed by atoms with van der Waals surface area (Å²) in [5.74, 6) is 1.51. The molecule has 1 aromatic heterocycles. The predicted molar refractivity (Wildman–Crippen MR) is 99.9 cm³/mol. The molecule has 2 amide bonds. The molecular weight excluding hydrogens is 360 g/mol. The van der Waals surface area contributed by atoms with Crippen molar-refractivity contribution in [1.82, 2.24) is 10.6 Å². The summed E-state index contributed by atoms with van der Waals surface area (Å²) < 4.78 is 11.5. The molecule has 3 rings (SSSR count). The topological polar surface area (TPSA) is 59.6 Å². The first-order valence-electron chi connectivity index (χ1n) is 8.05. The standard InChI is InChI=1S/C18H21ClN2O3S/c1-11(15-6-7-16(19)25-15)21-17(22)20-9-18(2,3)12-4-5-13-14(8-12)24-10-23-13/h4-8,11H,9-10H2,1-3H3,(H2,20,21,22). The second-order valence-electron chi connectivity index (χ2n) is 6.64. The number of thiophene rings is 1. The average Bonchev–Trinajstić information content (AvgIpc) is 3.21. The van der Waals surface area contributed by atoms with E-state index < -0.39 is 0 Å². The van der Waals surface area contributed by atoms with Crippen LogP contribution in [0.25, 0.3) is 0 Å².